The molecule has 0 radical (unpaired) electrons. The van der Waals surface area contributed by atoms with E-state index in [1.807, 2.05) is 39.0 Å². The van der Waals surface area contributed by atoms with E-state index in [0.29, 0.717) is 0 Å². The molecule has 0 heterocycles. The zero-order valence-electron chi connectivity index (χ0n) is 17.9. The molecule has 1 saturated carbocycles. The van der Waals surface area contributed by atoms with Crippen molar-refractivity contribution in [2.24, 2.45) is 11.8 Å². The van der Waals surface area contributed by atoms with E-state index < -0.39 is 0 Å². The van der Waals surface area contributed by atoms with Crippen LogP contribution in [0.1, 0.15) is 75.7 Å². The van der Waals surface area contributed by atoms with Crippen molar-refractivity contribution in [2.45, 2.75) is 72.5 Å². The molecule has 2 atom stereocenters. The third-order valence-corrected chi connectivity index (χ3v) is 4.85. The van der Waals surface area contributed by atoms with Crippen LogP contribution in [0.2, 0.25) is 0 Å². The monoisotopic (exact) mass is 376 g/mol. The average Bonchev–Trinajstić information content (AvgIpc) is 2.69. The molecule has 27 heavy (non-hydrogen) atoms. The first-order valence-corrected chi connectivity index (χ1v) is 10.4. The molecule has 3 nitrogen and oxygen atoms in total. The molecule has 0 bridgehead atoms. The predicted octanol–water partition coefficient (Wildman–Crippen LogP) is 6.47. The molecule has 1 aromatic rings. The highest BCUT2D eigenvalue weighted by Gasteiger charge is 2.18. The van der Waals surface area contributed by atoms with Gasteiger partial charge in [-0.1, -0.05) is 50.5 Å². The first-order chi connectivity index (χ1) is 13.1. The average molecular weight is 377 g/mol. The highest BCUT2D eigenvalue weighted by Crippen LogP contribution is 2.31. The normalized spacial score (nSPS) is 18.7. The molecule has 154 valence electrons. The van der Waals surface area contributed by atoms with Gasteiger partial charge in [-0.25, -0.2) is 0 Å². The molecule has 0 aromatic heterocycles. The topological polar surface area (TPSA) is 35.5 Å². The van der Waals surface area contributed by atoms with E-state index >= 15 is 0 Å². The Morgan fingerprint density at radius 3 is 2.33 bits per heavy atom. The molecule has 0 spiro atoms. The van der Waals surface area contributed by atoms with E-state index in [1.54, 1.807) is 0 Å². The van der Waals surface area contributed by atoms with E-state index in [4.69, 9.17) is 9.47 Å². The Balaban J connectivity index is 0.000000574. The Morgan fingerprint density at radius 2 is 1.78 bits per heavy atom. The summed E-state index contributed by atoms with van der Waals surface area (Å²) >= 11 is 0. The standard InChI is InChI=1S/C16H22O.C6H14O2.C2H4/c1-13-5-4-6-14(11-13)9-10-15-7-2-3-8-16(15)12-17;1-4-7-6(3)8-5-2;1-2/h2-3,7-8,12-14H,4-6,9-11H2,1H3;6H,4-5H2,1-3H3;1-2H2. The third-order valence-electron chi connectivity index (χ3n) is 4.85. The molecule has 1 fully saturated rings. The number of hydrogen-bond acceptors (Lipinski definition) is 3. The molecule has 0 N–H and O–H groups in total. The van der Waals surface area contributed by atoms with Crippen molar-refractivity contribution in [3.05, 3.63) is 48.6 Å². The minimum atomic E-state index is -0.0370. The lowest BCUT2D eigenvalue weighted by Gasteiger charge is -2.26. The van der Waals surface area contributed by atoms with Crippen LogP contribution in [0.4, 0.5) is 0 Å². The summed E-state index contributed by atoms with van der Waals surface area (Å²) in [5.41, 5.74) is 2.09. The minimum absolute atomic E-state index is 0.0370. The second-order valence-corrected chi connectivity index (χ2v) is 6.97. The lowest BCUT2D eigenvalue weighted by molar-refractivity contribution is -0.123. The summed E-state index contributed by atoms with van der Waals surface area (Å²) in [6.45, 7) is 15.6. The van der Waals surface area contributed by atoms with Crippen LogP contribution in [0.5, 0.6) is 0 Å². The Hall–Kier alpha value is -1.45. The summed E-state index contributed by atoms with van der Waals surface area (Å²) in [7, 11) is 0. The van der Waals surface area contributed by atoms with E-state index in [-0.39, 0.29) is 6.29 Å². The molecular weight excluding hydrogens is 336 g/mol. The van der Waals surface area contributed by atoms with Crippen LogP contribution in [0.25, 0.3) is 0 Å². The van der Waals surface area contributed by atoms with Crippen molar-refractivity contribution in [1.29, 1.82) is 0 Å². The first kappa shape index (κ1) is 25.6. The molecule has 0 aliphatic heterocycles. The van der Waals surface area contributed by atoms with E-state index in [0.717, 1.165) is 43.3 Å². The van der Waals surface area contributed by atoms with Crippen molar-refractivity contribution in [3.8, 4) is 0 Å². The van der Waals surface area contributed by atoms with Gasteiger partial charge < -0.3 is 9.47 Å². The number of aldehydes is 1. The van der Waals surface area contributed by atoms with Gasteiger partial charge in [0.2, 0.25) is 0 Å². The van der Waals surface area contributed by atoms with Crippen molar-refractivity contribution >= 4 is 6.29 Å². The van der Waals surface area contributed by atoms with Gasteiger partial charge in [0.15, 0.2) is 6.29 Å². The van der Waals surface area contributed by atoms with Gasteiger partial charge in [-0.3, -0.25) is 4.79 Å². The third kappa shape index (κ3) is 11.8. The predicted molar refractivity (Wildman–Crippen MR) is 115 cm³/mol. The Bertz CT molecular complexity index is 480. The first-order valence-electron chi connectivity index (χ1n) is 10.4. The van der Waals surface area contributed by atoms with Crippen LogP contribution in [-0.2, 0) is 15.9 Å². The highest BCUT2D eigenvalue weighted by atomic mass is 16.7. The van der Waals surface area contributed by atoms with E-state index in [1.165, 1.54) is 37.7 Å². The molecule has 2 unspecified atom stereocenters. The maximum absolute atomic E-state index is 10.9. The fraction of sp³-hybridized carbons (Fsp3) is 0.625. The van der Waals surface area contributed by atoms with Crippen LogP contribution < -0.4 is 0 Å². The maximum Gasteiger partial charge on any atom is 0.154 e. The van der Waals surface area contributed by atoms with Crippen LogP contribution in [0, 0.1) is 11.8 Å². The zero-order valence-corrected chi connectivity index (χ0v) is 17.9. The highest BCUT2D eigenvalue weighted by molar-refractivity contribution is 5.77. The summed E-state index contributed by atoms with van der Waals surface area (Å²) < 4.78 is 10.1. The number of aryl methyl sites for hydroxylation is 1. The van der Waals surface area contributed by atoms with Gasteiger partial charge >= 0.3 is 0 Å². The number of ether oxygens (including phenoxy) is 2. The molecule has 1 aliphatic rings. The SMILES string of the molecule is C=C.CC1CCCC(CCc2ccccc2C=O)C1.CCOC(C)OCC. The molecule has 1 aromatic carbocycles. The molecule has 0 amide bonds. The van der Waals surface area contributed by atoms with Gasteiger partial charge in [-0.15, -0.1) is 13.2 Å². The fourth-order valence-electron chi connectivity index (χ4n) is 3.58. The van der Waals surface area contributed by atoms with Gasteiger partial charge in [0.25, 0.3) is 0 Å². The Labute approximate surface area is 167 Å². The summed E-state index contributed by atoms with van der Waals surface area (Å²) in [5.74, 6) is 1.77. The zero-order chi connectivity index (χ0) is 20.5. The summed E-state index contributed by atoms with van der Waals surface area (Å²) in [6, 6.07) is 7.99. The summed E-state index contributed by atoms with van der Waals surface area (Å²) in [4.78, 5) is 10.9. The van der Waals surface area contributed by atoms with Crippen LogP contribution in [0.3, 0.4) is 0 Å². The fourth-order valence-corrected chi connectivity index (χ4v) is 3.58. The van der Waals surface area contributed by atoms with Gasteiger partial charge in [-0.2, -0.15) is 0 Å². The molecule has 2 rings (SSSR count). The number of hydrogen-bond donors (Lipinski definition) is 0. The van der Waals surface area contributed by atoms with Crippen LogP contribution in [0.15, 0.2) is 37.4 Å². The number of rotatable bonds is 8. The van der Waals surface area contributed by atoms with Crippen molar-refractivity contribution < 1.29 is 14.3 Å². The second-order valence-electron chi connectivity index (χ2n) is 6.97. The second kappa shape index (κ2) is 16.7. The maximum atomic E-state index is 10.9. The van der Waals surface area contributed by atoms with Gasteiger partial charge in [-0.05, 0) is 57.4 Å². The van der Waals surface area contributed by atoms with Crippen molar-refractivity contribution in [2.75, 3.05) is 13.2 Å². The Morgan fingerprint density at radius 1 is 1.15 bits per heavy atom. The molecule has 3 heteroatoms. The summed E-state index contributed by atoms with van der Waals surface area (Å²) in [6.07, 6.45) is 8.81. The number of carbonyl (C=O) groups excluding carboxylic acids is 1. The van der Waals surface area contributed by atoms with Crippen molar-refractivity contribution in [3.63, 3.8) is 0 Å². The van der Waals surface area contributed by atoms with Crippen LogP contribution in [-0.4, -0.2) is 25.8 Å². The van der Waals surface area contributed by atoms with Crippen molar-refractivity contribution in [1.82, 2.24) is 0 Å². The quantitative estimate of drug-likeness (QED) is 0.296. The smallest absolute Gasteiger partial charge is 0.154 e. The van der Waals surface area contributed by atoms with E-state index in [2.05, 4.69) is 26.1 Å². The van der Waals surface area contributed by atoms with E-state index in [9.17, 15) is 4.79 Å². The lowest BCUT2D eigenvalue weighted by Crippen LogP contribution is -2.14. The molecule has 1 aliphatic carbocycles. The number of benzene rings is 1. The van der Waals surface area contributed by atoms with Gasteiger partial charge in [0.1, 0.15) is 6.29 Å². The largest absolute Gasteiger partial charge is 0.353 e. The van der Waals surface area contributed by atoms with Crippen LogP contribution >= 0.6 is 0 Å². The summed E-state index contributed by atoms with van der Waals surface area (Å²) in [5, 5.41) is 0. The lowest BCUT2D eigenvalue weighted by atomic mass is 9.79. The molecular formula is C24H40O3. The Kier molecular flexibility index (Phi) is 15.8. The minimum Gasteiger partial charge on any atom is -0.353 e. The number of carbonyl (C=O) groups is 1. The van der Waals surface area contributed by atoms with Gasteiger partial charge in [0, 0.05) is 18.8 Å². The molecule has 0 saturated heterocycles. The van der Waals surface area contributed by atoms with Gasteiger partial charge in [0.05, 0.1) is 0 Å².